The molecule has 5 heteroatoms. The fourth-order valence-corrected chi connectivity index (χ4v) is 2.01. The molecule has 0 saturated heterocycles. The Morgan fingerprint density at radius 1 is 1.05 bits per heavy atom. The Bertz CT molecular complexity index is 614. The molecule has 0 heterocycles. The van der Waals surface area contributed by atoms with Gasteiger partial charge in [-0.2, -0.15) is 0 Å². The molecule has 0 spiro atoms. The third-order valence-electron chi connectivity index (χ3n) is 3.09. The number of aryl methyl sites for hydroxylation is 1. The quantitative estimate of drug-likeness (QED) is 0.432. The molecule has 1 N–H and O–H groups in total. The maximum absolute atomic E-state index is 11.9. The molecule has 0 aliphatic rings. The maximum atomic E-state index is 11.9. The van der Waals surface area contributed by atoms with Gasteiger partial charge in [0.15, 0.2) is 6.04 Å². The summed E-state index contributed by atoms with van der Waals surface area (Å²) in [7, 11) is 0. The molecule has 0 unspecified atom stereocenters. The molecular weight excluding hydrogens is 289 g/mol. The topological polar surface area (TPSA) is 72.7 Å². The molecule has 108 valence electrons. The van der Waals surface area contributed by atoms with Crippen molar-refractivity contribution in [2.24, 2.45) is 4.99 Å². The van der Waals surface area contributed by atoms with Gasteiger partial charge >= 0.3 is 35.5 Å². The van der Waals surface area contributed by atoms with E-state index in [0.717, 1.165) is 5.56 Å². The van der Waals surface area contributed by atoms with Gasteiger partial charge in [-0.3, -0.25) is 4.99 Å². The Balaban J connectivity index is 0.00000242. The number of nitrogens with zero attached hydrogens (tertiary/aromatic N) is 1. The van der Waals surface area contributed by atoms with Gasteiger partial charge in [0, 0.05) is 0 Å². The number of rotatable bonds is 6. The standard InChI is InChI=1S/C17H17NO3.Na/c19-15(12-11-13-7-3-1-4-8-13)18-16(17(20)21)14-9-5-2-6-10-14;/h1-10,16H,11-12H2,(H,18,19)(H,20,21);/q;+1/p-1/t16-;/m0./s1. The molecule has 0 amide bonds. The second kappa shape index (κ2) is 9.41. The summed E-state index contributed by atoms with van der Waals surface area (Å²) in [6.07, 6.45) is 0.769. The van der Waals surface area contributed by atoms with Gasteiger partial charge in [0.1, 0.15) is 0 Å². The third-order valence-corrected chi connectivity index (χ3v) is 3.09. The van der Waals surface area contributed by atoms with Crippen LogP contribution in [0.5, 0.6) is 0 Å². The number of carboxylic acids is 1. The van der Waals surface area contributed by atoms with Crippen molar-refractivity contribution in [3.63, 3.8) is 0 Å². The Kier molecular flexibility index (Phi) is 7.88. The largest absolute Gasteiger partial charge is 1.00 e. The second-order valence-electron chi connectivity index (χ2n) is 4.66. The molecule has 2 rings (SSSR count). The van der Waals surface area contributed by atoms with Crippen LogP contribution in [0.3, 0.4) is 0 Å². The summed E-state index contributed by atoms with van der Waals surface area (Å²) < 4.78 is 0. The maximum Gasteiger partial charge on any atom is 1.00 e. The van der Waals surface area contributed by atoms with E-state index in [1.54, 1.807) is 30.3 Å². The van der Waals surface area contributed by atoms with E-state index in [-0.39, 0.29) is 36.0 Å². The van der Waals surface area contributed by atoms with Gasteiger partial charge in [-0.05, 0) is 29.9 Å². The van der Waals surface area contributed by atoms with Gasteiger partial charge in [0.05, 0.1) is 0 Å². The fourth-order valence-electron chi connectivity index (χ4n) is 2.01. The van der Waals surface area contributed by atoms with Gasteiger partial charge in [-0.25, -0.2) is 4.79 Å². The van der Waals surface area contributed by atoms with Crippen molar-refractivity contribution < 1.29 is 44.6 Å². The van der Waals surface area contributed by atoms with Crippen molar-refractivity contribution >= 4 is 11.9 Å². The monoisotopic (exact) mass is 305 g/mol. The second-order valence-corrected chi connectivity index (χ2v) is 4.66. The zero-order valence-corrected chi connectivity index (χ0v) is 14.5. The molecule has 0 fully saturated rings. The van der Waals surface area contributed by atoms with Crippen molar-refractivity contribution in [2.45, 2.75) is 18.9 Å². The summed E-state index contributed by atoms with van der Waals surface area (Å²) in [5.41, 5.74) is 1.55. The average molecular weight is 305 g/mol. The smallest absolute Gasteiger partial charge is 0.862 e. The summed E-state index contributed by atoms with van der Waals surface area (Å²) in [4.78, 5) is 15.1. The first-order valence-corrected chi connectivity index (χ1v) is 6.72. The molecule has 0 aromatic heterocycles. The molecule has 2 aromatic rings. The van der Waals surface area contributed by atoms with Crippen molar-refractivity contribution in [3.05, 3.63) is 71.8 Å². The molecule has 0 bridgehead atoms. The number of aliphatic carboxylic acids is 1. The van der Waals surface area contributed by atoms with E-state index in [2.05, 4.69) is 4.99 Å². The normalized spacial score (nSPS) is 12.3. The summed E-state index contributed by atoms with van der Waals surface area (Å²) in [5.74, 6) is -1.51. The summed E-state index contributed by atoms with van der Waals surface area (Å²) in [6, 6.07) is 17.0. The van der Waals surface area contributed by atoms with Gasteiger partial charge in [0.25, 0.3) is 0 Å². The molecule has 0 aliphatic carbocycles. The number of aliphatic imine (C=N–C) groups is 1. The number of carboxylic acid groups (broad SMARTS) is 1. The Labute approximate surface area is 151 Å². The van der Waals surface area contributed by atoms with Gasteiger partial charge in [-0.1, -0.05) is 60.7 Å². The first-order chi connectivity index (χ1) is 10.2. The van der Waals surface area contributed by atoms with Crippen molar-refractivity contribution in [1.82, 2.24) is 0 Å². The van der Waals surface area contributed by atoms with Crippen LogP contribution in [0.1, 0.15) is 23.6 Å². The van der Waals surface area contributed by atoms with Gasteiger partial charge in [0.2, 0.25) is 0 Å². The minimum Gasteiger partial charge on any atom is -0.862 e. The molecule has 0 radical (unpaired) electrons. The molecule has 0 aliphatic heterocycles. The van der Waals surface area contributed by atoms with Crippen molar-refractivity contribution in [2.75, 3.05) is 0 Å². The Morgan fingerprint density at radius 2 is 1.59 bits per heavy atom. The molecule has 4 nitrogen and oxygen atoms in total. The third kappa shape index (κ3) is 5.64. The Hall–Kier alpha value is -1.62. The zero-order valence-electron chi connectivity index (χ0n) is 12.5. The predicted molar refractivity (Wildman–Crippen MR) is 79.0 cm³/mol. The SMILES string of the molecule is O=C(O)[C@@H](N=C([O-])CCc1ccccc1)c1ccccc1.[Na+]. The van der Waals surface area contributed by atoms with Crippen LogP contribution in [-0.2, 0) is 11.2 Å². The summed E-state index contributed by atoms with van der Waals surface area (Å²) in [6.45, 7) is 0. The van der Waals surface area contributed by atoms with Crippen LogP contribution in [0, 0.1) is 0 Å². The van der Waals surface area contributed by atoms with Crippen LogP contribution in [0.25, 0.3) is 0 Å². The number of hydrogen-bond acceptors (Lipinski definition) is 3. The first kappa shape index (κ1) is 18.4. The number of hydrogen-bond donors (Lipinski definition) is 1. The summed E-state index contributed by atoms with van der Waals surface area (Å²) >= 11 is 0. The molecule has 1 atom stereocenters. The van der Waals surface area contributed by atoms with Crippen LogP contribution in [0.2, 0.25) is 0 Å². The minimum absolute atomic E-state index is 0. The van der Waals surface area contributed by atoms with E-state index in [4.69, 9.17) is 0 Å². The van der Waals surface area contributed by atoms with Crippen LogP contribution in [-0.4, -0.2) is 17.0 Å². The molecule has 0 saturated carbocycles. The van der Waals surface area contributed by atoms with Crippen molar-refractivity contribution in [1.29, 1.82) is 0 Å². The van der Waals surface area contributed by atoms with E-state index in [1.165, 1.54) is 0 Å². The average Bonchev–Trinajstić information content (AvgIpc) is 2.52. The predicted octanol–water partition coefficient (Wildman–Crippen LogP) is -0.792. The van der Waals surface area contributed by atoms with Crippen LogP contribution in [0.15, 0.2) is 65.7 Å². The zero-order chi connectivity index (χ0) is 15.1. The molecule has 2 aromatic carbocycles. The van der Waals surface area contributed by atoms with E-state index < -0.39 is 17.9 Å². The first-order valence-electron chi connectivity index (χ1n) is 6.72. The summed E-state index contributed by atoms with van der Waals surface area (Å²) in [5, 5.41) is 21.1. The minimum atomic E-state index is -1.13. The fraction of sp³-hybridized carbons (Fsp3) is 0.176. The van der Waals surface area contributed by atoms with E-state index >= 15 is 0 Å². The number of carbonyl (C=O) groups is 1. The molecule has 22 heavy (non-hydrogen) atoms. The van der Waals surface area contributed by atoms with E-state index in [0.29, 0.717) is 12.0 Å². The van der Waals surface area contributed by atoms with Crippen LogP contribution >= 0.6 is 0 Å². The Morgan fingerprint density at radius 3 is 2.14 bits per heavy atom. The van der Waals surface area contributed by atoms with Gasteiger partial charge in [-0.15, -0.1) is 0 Å². The number of benzene rings is 2. The van der Waals surface area contributed by atoms with E-state index in [1.807, 2.05) is 30.3 Å². The van der Waals surface area contributed by atoms with Crippen LogP contribution < -0.4 is 34.7 Å². The van der Waals surface area contributed by atoms with Crippen molar-refractivity contribution in [3.8, 4) is 0 Å². The van der Waals surface area contributed by atoms with E-state index in [9.17, 15) is 15.0 Å². The molecular formula is C17H16NNaO3. The van der Waals surface area contributed by atoms with Gasteiger partial charge < -0.3 is 10.2 Å². The van der Waals surface area contributed by atoms with Crippen LogP contribution in [0.4, 0.5) is 0 Å².